The van der Waals surface area contributed by atoms with Gasteiger partial charge in [-0.3, -0.25) is 4.79 Å². The number of thiol groups is 1. The van der Waals surface area contributed by atoms with Crippen molar-refractivity contribution in [3.63, 3.8) is 0 Å². The van der Waals surface area contributed by atoms with Crippen molar-refractivity contribution in [3.05, 3.63) is 28.8 Å². The van der Waals surface area contributed by atoms with Crippen LogP contribution < -0.4 is 5.32 Å². The highest BCUT2D eigenvalue weighted by Gasteiger charge is 2.06. The van der Waals surface area contributed by atoms with Gasteiger partial charge in [0, 0.05) is 17.0 Å². The second kappa shape index (κ2) is 6.03. The summed E-state index contributed by atoms with van der Waals surface area (Å²) in [5.41, 5.74) is 0.598. The van der Waals surface area contributed by atoms with Gasteiger partial charge in [-0.05, 0) is 24.6 Å². The van der Waals surface area contributed by atoms with Gasteiger partial charge in [0.05, 0.1) is 5.02 Å². The smallest absolute Gasteiger partial charge is 0.251 e. The Kier molecular flexibility index (Phi) is 4.99. The molecule has 0 fully saturated rings. The van der Waals surface area contributed by atoms with E-state index >= 15 is 0 Å². The average molecular weight is 244 g/mol. The molecule has 0 unspecified atom stereocenters. The Morgan fingerprint density at radius 1 is 1.53 bits per heavy atom. The number of amides is 1. The summed E-state index contributed by atoms with van der Waals surface area (Å²) in [5, 5.41) is 3.39. The molecule has 1 amide bonds. The predicted octanol–water partition coefficient (Wildman–Crippen LogP) is 3.16. The van der Waals surface area contributed by atoms with E-state index in [4.69, 9.17) is 11.6 Å². The minimum Gasteiger partial charge on any atom is -0.352 e. The Bertz CT molecular complexity index is 354. The van der Waals surface area contributed by atoms with Crippen LogP contribution in [0.25, 0.3) is 0 Å². The Hall–Kier alpha value is -0.670. The molecule has 4 heteroatoms. The summed E-state index contributed by atoms with van der Waals surface area (Å²) in [6.45, 7) is 2.79. The fourth-order valence-electron chi connectivity index (χ4n) is 1.13. The van der Waals surface area contributed by atoms with Crippen LogP contribution in [0, 0.1) is 0 Å². The topological polar surface area (TPSA) is 29.1 Å². The highest BCUT2D eigenvalue weighted by atomic mass is 35.5. The quantitative estimate of drug-likeness (QED) is 0.617. The zero-order valence-electron chi connectivity index (χ0n) is 8.59. The number of carbonyl (C=O) groups is 1. The largest absolute Gasteiger partial charge is 0.352 e. The van der Waals surface area contributed by atoms with Gasteiger partial charge in [-0.25, -0.2) is 0 Å². The number of halogens is 1. The molecule has 1 rings (SSSR count). The van der Waals surface area contributed by atoms with Gasteiger partial charge < -0.3 is 5.32 Å². The Morgan fingerprint density at radius 2 is 2.27 bits per heavy atom. The van der Waals surface area contributed by atoms with Crippen molar-refractivity contribution in [1.82, 2.24) is 5.32 Å². The van der Waals surface area contributed by atoms with E-state index in [1.807, 2.05) is 0 Å². The normalized spacial score (nSPS) is 10.1. The minimum absolute atomic E-state index is 0.0737. The van der Waals surface area contributed by atoms with E-state index in [0.717, 1.165) is 12.8 Å². The van der Waals surface area contributed by atoms with Gasteiger partial charge in [0.1, 0.15) is 0 Å². The number of unbranched alkanes of at least 4 members (excludes halogenated alkanes) is 1. The number of hydrogen-bond donors (Lipinski definition) is 2. The van der Waals surface area contributed by atoms with Gasteiger partial charge in [0.2, 0.25) is 0 Å². The fraction of sp³-hybridized carbons (Fsp3) is 0.364. The van der Waals surface area contributed by atoms with E-state index in [1.54, 1.807) is 18.2 Å². The number of benzene rings is 1. The second-order valence-electron chi connectivity index (χ2n) is 3.28. The van der Waals surface area contributed by atoms with Crippen molar-refractivity contribution >= 4 is 30.1 Å². The first-order valence-corrected chi connectivity index (χ1v) is 5.74. The summed E-state index contributed by atoms with van der Waals surface area (Å²) in [6.07, 6.45) is 2.06. The van der Waals surface area contributed by atoms with E-state index < -0.39 is 0 Å². The molecule has 0 spiro atoms. The Morgan fingerprint density at radius 3 is 2.87 bits per heavy atom. The van der Waals surface area contributed by atoms with Gasteiger partial charge >= 0.3 is 0 Å². The molecule has 1 N–H and O–H groups in total. The van der Waals surface area contributed by atoms with Crippen molar-refractivity contribution in [1.29, 1.82) is 0 Å². The van der Waals surface area contributed by atoms with Crippen LogP contribution in [0.15, 0.2) is 23.1 Å². The number of rotatable bonds is 4. The number of hydrogen-bond acceptors (Lipinski definition) is 2. The highest BCUT2D eigenvalue weighted by molar-refractivity contribution is 7.80. The van der Waals surface area contributed by atoms with Gasteiger partial charge in [-0.1, -0.05) is 24.9 Å². The standard InChI is InChI=1S/C11H14ClNOS/c1-2-3-6-13-11(14)8-4-5-9(12)10(15)7-8/h4-5,7,15H,2-3,6H2,1H3,(H,13,14). The first-order chi connectivity index (χ1) is 7.15. The Labute approximate surface area is 100 Å². The molecular weight excluding hydrogens is 230 g/mol. The predicted molar refractivity (Wildman–Crippen MR) is 65.9 cm³/mol. The van der Waals surface area contributed by atoms with Crippen LogP contribution in [-0.2, 0) is 0 Å². The monoisotopic (exact) mass is 243 g/mol. The lowest BCUT2D eigenvalue weighted by Crippen LogP contribution is -2.24. The molecular formula is C11H14ClNOS. The molecule has 0 aliphatic carbocycles. The summed E-state index contributed by atoms with van der Waals surface area (Å²) in [5.74, 6) is -0.0737. The van der Waals surface area contributed by atoms with E-state index in [9.17, 15) is 4.79 Å². The van der Waals surface area contributed by atoms with E-state index in [0.29, 0.717) is 22.0 Å². The van der Waals surface area contributed by atoms with Gasteiger partial charge in [-0.2, -0.15) is 0 Å². The molecule has 1 aromatic rings. The van der Waals surface area contributed by atoms with Crippen LogP contribution in [0.1, 0.15) is 30.1 Å². The summed E-state index contributed by atoms with van der Waals surface area (Å²) in [4.78, 5) is 12.2. The van der Waals surface area contributed by atoms with E-state index in [2.05, 4.69) is 24.9 Å². The van der Waals surface area contributed by atoms with Crippen LogP contribution in [0.2, 0.25) is 5.02 Å². The summed E-state index contributed by atoms with van der Waals surface area (Å²) < 4.78 is 0. The minimum atomic E-state index is -0.0737. The molecule has 0 saturated carbocycles. The summed E-state index contributed by atoms with van der Waals surface area (Å²) >= 11 is 9.96. The maximum Gasteiger partial charge on any atom is 0.251 e. The fourth-order valence-corrected chi connectivity index (χ4v) is 1.47. The van der Waals surface area contributed by atoms with E-state index in [-0.39, 0.29) is 5.91 Å². The van der Waals surface area contributed by atoms with Crippen molar-refractivity contribution in [3.8, 4) is 0 Å². The first kappa shape index (κ1) is 12.4. The molecule has 0 aliphatic heterocycles. The zero-order chi connectivity index (χ0) is 11.3. The zero-order valence-corrected chi connectivity index (χ0v) is 10.2. The molecule has 0 atom stereocenters. The van der Waals surface area contributed by atoms with Crippen LogP contribution >= 0.6 is 24.2 Å². The SMILES string of the molecule is CCCCNC(=O)c1ccc(Cl)c(S)c1. The van der Waals surface area contributed by atoms with Crippen molar-refractivity contribution in [2.75, 3.05) is 6.54 Å². The van der Waals surface area contributed by atoms with Gasteiger partial charge in [0.25, 0.3) is 5.91 Å². The lowest BCUT2D eigenvalue weighted by atomic mass is 10.2. The molecule has 82 valence electrons. The van der Waals surface area contributed by atoms with Crippen LogP contribution in [0.4, 0.5) is 0 Å². The average Bonchev–Trinajstić information content (AvgIpc) is 2.22. The molecule has 15 heavy (non-hydrogen) atoms. The van der Waals surface area contributed by atoms with Gasteiger partial charge in [-0.15, -0.1) is 12.6 Å². The van der Waals surface area contributed by atoms with Crippen molar-refractivity contribution in [2.24, 2.45) is 0 Å². The van der Waals surface area contributed by atoms with Crippen LogP contribution in [0.5, 0.6) is 0 Å². The molecule has 0 radical (unpaired) electrons. The maximum absolute atomic E-state index is 11.6. The third kappa shape index (κ3) is 3.76. The summed E-state index contributed by atoms with van der Waals surface area (Å²) in [7, 11) is 0. The first-order valence-electron chi connectivity index (χ1n) is 4.92. The third-order valence-corrected chi connectivity index (χ3v) is 2.86. The van der Waals surface area contributed by atoms with E-state index in [1.165, 1.54) is 0 Å². The molecule has 2 nitrogen and oxygen atoms in total. The summed E-state index contributed by atoms with van der Waals surface area (Å²) in [6, 6.07) is 5.05. The lowest BCUT2D eigenvalue weighted by molar-refractivity contribution is 0.0953. The number of nitrogens with one attached hydrogen (secondary N) is 1. The second-order valence-corrected chi connectivity index (χ2v) is 4.16. The van der Waals surface area contributed by atoms with Crippen molar-refractivity contribution in [2.45, 2.75) is 24.7 Å². The van der Waals surface area contributed by atoms with Crippen LogP contribution in [0.3, 0.4) is 0 Å². The number of carbonyl (C=O) groups excluding carboxylic acids is 1. The molecule has 0 saturated heterocycles. The highest BCUT2D eigenvalue weighted by Crippen LogP contribution is 2.20. The van der Waals surface area contributed by atoms with Crippen molar-refractivity contribution < 1.29 is 4.79 Å². The molecule has 0 bridgehead atoms. The maximum atomic E-state index is 11.6. The third-order valence-electron chi connectivity index (χ3n) is 2.02. The molecule has 0 heterocycles. The molecule has 1 aromatic carbocycles. The van der Waals surface area contributed by atoms with Gasteiger partial charge in [0.15, 0.2) is 0 Å². The molecule has 0 aliphatic rings. The molecule has 0 aromatic heterocycles. The Balaban J connectivity index is 2.62. The van der Waals surface area contributed by atoms with Crippen LogP contribution in [-0.4, -0.2) is 12.5 Å². The lowest BCUT2D eigenvalue weighted by Gasteiger charge is -2.05.